The van der Waals surface area contributed by atoms with E-state index in [2.05, 4.69) is 166 Å². The van der Waals surface area contributed by atoms with Crippen LogP contribution in [-0.4, -0.2) is 15.0 Å². The van der Waals surface area contributed by atoms with Gasteiger partial charge in [0.25, 0.3) is 0 Å². The summed E-state index contributed by atoms with van der Waals surface area (Å²) in [5, 5.41) is 11.0. The van der Waals surface area contributed by atoms with Crippen LogP contribution in [0, 0.1) is 0 Å². The van der Waals surface area contributed by atoms with Crippen molar-refractivity contribution in [1.82, 2.24) is 15.0 Å². The molecule has 11 aromatic rings. The monoisotopic (exact) mass is 715 g/mol. The summed E-state index contributed by atoms with van der Waals surface area (Å²) in [4.78, 5) is 15.1. The minimum atomic E-state index is 0.0641. The molecule has 56 heavy (non-hydrogen) atoms. The Morgan fingerprint density at radius 3 is 1.57 bits per heavy atom. The van der Waals surface area contributed by atoms with Crippen LogP contribution in [0.3, 0.4) is 0 Å². The molecule has 0 amide bonds. The summed E-state index contributed by atoms with van der Waals surface area (Å²) in [5.41, 5.74) is 12.9. The second-order valence-electron chi connectivity index (χ2n) is 16.1. The van der Waals surface area contributed by atoms with Gasteiger partial charge in [0.15, 0.2) is 0 Å². The Kier molecular flexibility index (Phi) is 7.11. The van der Waals surface area contributed by atoms with Gasteiger partial charge in [0.2, 0.25) is 0 Å². The Balaban J connectivity index is 1.04. The molecule has 0 unspecified atom stereocenters. The molecular formula is C53H37N3. The van der Waals surface area contributed by atoms with Crippen LogP contribution in [0.5, 0.6) is 0 Å². The van der Waals surface area contributed by atoms with Crippen LogP contribution < -0.4 is 0 Å². The van der Waals surface area contributed by atoms with Crippen molar-refractivity contribution in [2.75, 3.05) is 0 Å². The van der Waals surface area contributed by atoms with Crippen molar-refractivity contribution >= 4 is 65.0 Å². The van der Waals surface area contributed by atoms with Crippen LogP contribution in [0.2, 0.25) is 0 Å². The normalized spacial score (nSPS) is 12.2. The number of hydrogen-bond donors (Lipinski definition) is 0. The summed E-state index contributed by atoms with van der Waals surface area (Å²) in [6.45, 7) is 6.88. The van der Waals surface area contributed by atoms with Gasteiger partial charge in [-0.15, -0.1) is 0 Å². The summed E-state index contributed by atoms with van der Waals surface area (Å²) in [7, 11) is 0. The Bertz CT molecular complexity index is 3300. The molecule has 0 saturated heterocycles. The molecule has 0 radical (unpaired) electrons. The van der Waals surface area contributed by atoms with Gasteiger partial charge in [0.05, 0.1) is 27.9 Å². The Hall–Kier alpha value is -6.97. The van der Waals surface area contributed by atoms with E-state index >= 15 is 0 Å². The molecule has 0 bridgehead atoms. The molecule has 3 heterocycles. The molecule has 3 heteroatoms. The minimum Gasteiger partial charge on any atom is -0.256 e. The maximum absolute atomic E-state index is 5.27. The fraction of sp³-hybridized carbons (Fsp3) is 0.0755. The molecule has 3 aromatic heterocycles. The summed E-state index contributed by atoms with van der Waals surface area (Å²) in [6, 6.07) is 59.3. The van der Waals surface area contributed by atoms with E-state index in [9.17, 15) is 0 Å². The third kappa shape index (κ3) is 5.23. The quantitative estimate of drug-likeness (QED) is 0.170. The zero-order valence-electron chi connectivity index (χ0n) is 31.5. The summed E-state index contributed by atoms with van der Waals surface area (Å²) < 4.78 is 0. The number of benzene rings is 8. The standard InChI is InChI=1S/C53H37N3/c1-53(2,3)41-28-38-19-23-42-44(32-9-5-4-6-10-32)30-45(43-24-20-39(29-41)49(38)50(42)43)33-13-15-34(16-14-33)47-25-21-35-17-18-36-22-26-48(56-52(36)51(35)55-47)40-27-37-11-7-8-12-46(37)54-31-40/h4-31H,1-3H3. The lowest BCUT2D eigenvalue weighted by molar-refractivity contribution is 0.591. The van der Waals surface area contributed by atoms with Gasteiger partial charge in [-0.2, -0.15) is 0 Å². The lowest BCUT2D eigenvalue weighted by atomic mass is 9.81. The number of hydrogen-bond acceptors (Lipinski definition) is 3. The number of pyridine rings is 3. The number of para-hydroxylation sites is 1. The van der Waals surface area contributed by atoms with Crippen LogP contribution >= 0.6 is 0 Å². The molecule has 8 aromatic carbocycles. The first kappa shape index (κ1) is 32.5. The SMILES string of the molecule is CC(C)(C)c1cc2ccc3c(-c4ccccc4)cc(-c4ccc(-c5ccc6ccc7ccc(-c8cnc9ccccc9c8)nc7c6n5)cc4)c4ccc(c1)c2c34. The topological polar surface area (TPSA) is 38.7 Å². The second kappa shape index (κ2) is 12.3. The zero-order valence-corrected chi connectivity index (χ0v) is 31.5. The number of fused-ring (bicyclic) bond motifs is 4. The average Bonchev–Trinajstić information content (AvgIpc) is 3.24. The highest BCUT2D eigenvalue weighted by molar-refractivity contribution is 6.28. The first-order valence-corrected chi connectivity index (χ1v) is 19.3. The lowest BCUT2D eigenvalue weighted by Gasteiger charge is -2.23. The van der Waals surface area contributed by atoms with Gasteiger partial charge >= 0.3 is 0 Å². The Labute approximate surface area is 325 Å². The summed E-state index contributed by atoms with van der Waals surface area (Å²) >= 11 is 0. The van der Waals surface area contributed by atoms with Gasteiger partial charge in [0, 0.05) is 33.5 Å². The van der Waals surface area contributed by atoms with E-state index in [0.717, 1.165) is 55.2 Å². The first-order valence-electron chi connectivity index (χ1n) is 19.3. The lowest BCUT2D eigenvalue weighted by Crippen LogP contribution is -2.10. The highest BCUT2D eigenvalue weighted by Gasteiger charge is 2.20. The molecular weight excluding hydrogens is 679 g/mol. The Morgan fingerprint density at radius 2 is 0.929 bits per heavy atom. The first-order chi connectivity index (χ1) is 27.4. The van der Waals surface area contributed by atoms with Crippen LogP contribution in [0.1, 0.15) is 26.3 Å². The molecule has 11 rings (SSSR count). The number of nitrogens with zero attached hydrogens (tertiary/aromatic N) is 3. The maximum Gasteiger partial charge on any atom is 0.0972 e. The van der Waals surface area contributed by atoms with Crippen molar-refractivity contribution in [3.63, 3.8) is 0 Å². The molecule has 0 fully saturated rings. The highest BCUT2D eigenvalue weighted by atomic mass is 14.8. The minimum absolute atomic E-state index is 0.0641. The Morgan fingerprint density at radius 1 is 0.393 bits per heavy atom. The fourth-order valence-electron chi connectivity index (χ4n) is 8.56. The van der Waals surface area contributed by atoms with Gasteiger partial charge in [-0.1, -0.05) is 154 Å². The van der Waals surface area contributed by atoms with Crippen LogP contribution in [0.15, 0.2) is 170 Å². The maximum atomic E-state index is 5.27. The van der Waals surface area contributed by atoms with E-state index in [-0.39, 0.29) is 5.41 Å². The molecule has 0 atom stereocenters. The smallest absolute Gasteiger partial charge is 0.0972 e. The van der Waals surface area contributed by atoms with Gasteiger partial charge in [-0.3, -0.25) is 4.98 Å². The van der Waals surface area contributed by atoms with Gasteiger partial charge in [-0.05, 0) is 95.9 Å². The summed E-state index contributed by atoms with van der Waals surface area (Å²) in [6.07, 6.45) is 1.91. The third-order valence-electron chi connectivity index (χ3n) is 11.6. The van der Waals surface area contributed by atoms with Crippen molar-refractivity contribution in [2.45, 2.75) is 26.2 Å². The molecule has 0 aliphatic rings. The molecule has 0 saturated carbocycles. The number of rotatable bonds is 4. The van der Waals surface area contributed by atoms with E-state index in [1.54, 1.807) is 0 Å². The van der Waals surface area contributed by atoms with E-state index < -0.39 is 0 Å². The average molecular weight is 716 g/mol. The fourth-order valence-corrected chi connectivity index (χ4v) is 8.56. The third-order valence-corrected chi connectivity index (χ3v) is 11.6. The van der Waals surface area contributed by atoms with Crippen LogP contribution in [0.4, 0.5) is 0 Å². The summed E-state index contributed by atoms with van der Waals surface area (Å²) in [5.74, 6) is 0. The predicted octanol–water partition coefficient (Wildman–Crippen LogP) is 14.2. The highest BCUT2D eigenvalue weighted by Crippen LogP contribution is 2.45. The molecule has 3 nitrogen and oxygen atoms in total. The van der Waals surface area contributed by atoms with Crippen LogP contribution in [0.25, 0.3) is 110 Å². The van der Waals surface area contributed by atoms with Gasteiger partial charge < -0.3 is 0 Å². The van der Waals surface area contributed by atoms with E-state index in [1.165, 1.54) is 60.1 Å². The van der Waals surface area contributed by atoms with Crippen LogP contribution in [-0.2, 0) is 5.41 Å². The largest absolute Gasteiger partial charge is 0.256 e. The van der Waals surface area contributed by atoms with E-state index in [0.29, 0.717) is 0 Å². The van der Waals surface area contributed by atoms with Crippen molar-refractivity contribution in [1.29, 1.82) is 0 Å². The van der Waals surface area contributed by atoms with E-state index in [1.807, 2.05) is 24.4 Å². The molecule has 0 aliphatic heterocycles. The molecule has 0 aliphatic carbocycles. The second-order valence-corrected chi connectivity index (χ2v) is 16.1. The van der Waals surface area contributed by atoms with Gasteiger partial charge in [0.1, 0.15) is 0 Å². The molecule has 0 spiro atoms. The van der Waals surface area contributed by atoms with Crippen molar-refractivity contribution in [3.8, 4) is 44.8 Å². The van der Waals surface area contributed by atoms with E-state index in [4.69, 9.17) is 15.0 Å². The zero-order chi connectivity index (χ0) is 37.5. The van der Waals surface area contributed by atoms with Gasteiger partial charge in [-0.25, -0.2) is 9.97 Å². The number of aromatic nitrogens is 3. The predicted molar refractivity (Wildman–Crippen MR) is 236 cm³/mol. The van der Waals surface area contributed by atoms with Crippen molar-refractivity contribution in [2.24, 2.45) is 0 Å². The molecule has 264 valence electrons. The van der Waals surface area contributed by atoms with Crippen molar-refractivity contribution in [3.05, 3.63) is 176 Å². The molecule has 0 N–H and O–H groups in total. The van der Waals surface area contributed by atoms with Crippen molar-refractivity contribution < 1.29 is 0 Å².